The average Bonchev–Trinajstić information content (AvgIpc) is 3.36. The van der Waals surface area contributed by atoms with Crippen LogP contribution in [-0.2, 0) is 0 Å². The lowest BCUT2D eigenvalue weighted by molar-refractivity contribution is 0.412. The van der Waals surface area contributed by atoms with Crippen LogP contribution in [0.3, 0.4) is 0 Å². The van der Waals surface area contributed by atoms with Crippen molar-refractivity contribution < 1.29 is 9.84 Å². The Hall–Kier alpha value is -2.68. The lowest BCUT2D eigenvalue weighted by atomic mass is 9.83. The van der Waals surface area contributed by atoms with E-state index in [0.717, 1.165) is 17.2 Å². The van der Waals surface area contributed by atoms with Crippen LogP contribution in [0.5, 0.6) is 17.2 Å². The number of hydrogen-bond donors (Lipinski definition) is 1. The summed E-state index contributed by atoms with van der Waals surface area (Å²) in [6.07, 6.45) is 16.9. The Morgan fingerprint density at radius 2 is 1.35 bits per heavy atom. The molecule has 3 heteroatoms. The maximum absolute atomic E-state index is 10.8. The molecule has 2 aliphatic rings. The summed E-state index contributed by atoms with van der Waals surface area (Å²) in [6.45, 7) is 0. The molecule has 0 bridgehead atoms. The predicted octanol–water partition coefficient (Wildman–Crippen LogP) is 8.07. The molecule has 2 aromatic carbocycles. The van der Waals surface area contributed by atoms with Gasteiger partial charge >= 0.3 is 0 Å². The molecule has 1 N–H and O–H groups in total. The van der Waals surface area contributed by atoms with Crippen LogP contribution in [0.4, 0.5) is 0 Å². The normalized spacial score (nSPS) is 18.2. The van der Waals surface area contributed by atoms with E-state index in [1.54, 1.807) is 0 Å². The van der Waals surface area contributed by atoms with Crippen LogP contribution in [0.1, 0.15) is 87.2 Å². The van der Waals surface area contributed by atoms with Crippen LogP contribution < -0.4 is 4.74 Å². The van der Waals surface area contributed by atoms with Gasteiger partial charge < -0.3 is 14.4 Å². The van der Waals surface area contributed by atoms with Crippen LogP contribution in [0.25, 0.3) is 5.69 Å². The maximum atomic E-state index is 10.8. The first-order valence-electron chi connectivity index (χ1n) is 12.1. The van der Waals surface area contributed by atoms with E-state index in [2.05, 4.69) is 30.3 Å². The Balaban J connectivity index is 1.44. The van der Waals surface area contributed by atoms with E-state index in [0.29, 0.717) is 11.8 Å². The second-order valence-corrected chi connectivity index (χ2v) is 9.31. The highest BCUT2D eigenvalue weighted by atomic mass is 16.5. The molecule has 5 rings (SSSR count). The van der Waals surface area contributed by atoms with Gasteiger partial charge in [0.05, 0.1) is 5.69 Å². The monoisotopic (exact) mass is 415 g/mol. The Labute approximate surface area is 185 Å². The first kappa shape index (κ1) is 20.2. The fourth-order valence-electron chi connectivity index (χ4n) is 5.47. The van der Waals surface area contributed by atoms with E-state index >= 15 is 0 Å². The number of ether oxygens (including phenoxy) is 1. The SMILES string of the molecule is Oc1cc(Oc2ccc(C3CCCCC3)cc2)c(C2CCCCC2)cc1-n1cccc1. The van der Waals surface area contributed by atoms with Crippen molar-refractivity contribution in [3.63, 3.8) is 0 Å². The van der Waals surface area contributed by atoms with E-state index in [1.807, 2.05) is 35.2 Å². The number of nitrogens with zero attached hydrogens (tertiary/aromatic N) is 1. The van der Waals surface area contributed by atoms with Gasteiger partial charge in [-0.25, -0.2) is 0 Å². The zero-order valence-electron chi connectivity index (χ0n) is 18.3. The van der Waals surface area contributed by atoms with Crippen molar-refractivity contribution in [3.05, 3.63) is 72.1 Å². The van der Waals surface area contributed by atoms with Crippen LogP contribution in [0.15, 0.2) is 60.9 Å². The van der Waals surface area contributed by atoms with Crippen LogP contribution >= 0.6 is 0 Å². The molecule has 0 atom stereocenters. The first-order chi connectivity index (χ1) is 15.3. The Morgan fingerprint density at radius 3 is 2.00 bits per heavy atom. The smallest absolute Gasteiger partial charge is 0.143 e. The standard InChI is InChI=1S/C28H33NO2/c30-27-20-28(31-24-15-13-22(14-16-24)21-9-3-1-4-10-21)25(23-11-5-2-6-12-23)19-26(27)29-17-7-8-18-29/h7-8,13-21,23,30H,1-6,9-12H2. The van der Waals surface area contributed by atoms with Gasteiger partial charge in [0.15, 0.2) is 0 Å². The summed E-state index contributed by atoms with van der Waals surface area (Å²) in [6, 6.07) is 16.6. The van der Waals surface area contributed by atoms with Gasteiger partial charge in [0.2, 0.25) is 0 Å². The van der Waals surface area contributed by atoms with E-state index in [1.165, 1.54) is 75.3 Å². The molecule has 162 valence electrons. The molecular weight excluding hydrogens is 382 g/mol. The van der Waals surface area contributed by atoms with Crippen LogP contribution in [-0.4, -0.2) is 9.67 Å². The highest BCUT2D eigenvalue weighted by Crippen LogP contribution is 2.43. The van der Waals surface area contributed by atoms with Crippen molar-refractivity contribution in [2.24, 2.45) is 0 Å². The minimum atomic E-state index is 0.254. The number of rotatable bonds is 5. The van der Waals surface area contributed by atoms with E-state index in [-0.39, 0.29) is 5.75 Å². The minimum absolute atomic E-state index is 0.254. The molecule has 3 nitrogen and oxygen atoms in total. The van der Waals surface area contributed by atoms with Crippen molar-refractivity contribution >= 4 is 0 Å². The zero-order valence-corrected chi connectivity index (χ0v) is 18.3. The van der Waals surface area contributed by atoms with E-state index in [9.17, 15) is 5.11 Å². The molecule has 0 saturated heterocycles. The Kier molecular flexibility index (Phi) is 6.01. The fraction of sp³-hybridized carbons (Fsp3) is 0.429. The third-order valence-corrected chi connectivity index (χ3v) is 7.22. The van der Waals surface area contributed by atoms with Gasteiger partial charge in [0.1, 0.15) is 17.2 Å². The Bertz CT molecular complexity index is 979. The van der Waals surface area contributed by atoms with Gasteiger partial charge in [-0.3, -0.25) is 0 Å². The third-order valence-electron chi connectivity index (χ3n) is 7.22. The lowest BCUT2D eigenvalue weighted by Crippen LogP contribution is -2.07. The summed E-state index contributed by atoms with van der Waals surface area (Å²) in [4.78, 5) is 0. The number of phenolic OH excluding ortho intramolecular Hbond substituents is 1. The summed E-state index contributed by atoms with van der Waals surface area (Å²) in [5.74, 6) is 3.09. The van der Waals surface area contributed by atoms with Crippen molar-refractivity contribution in [1.82, 2.24) is 4.57 Å². The molecule has 3 aromatic rings. The highest BCUT2D eigenvalue weighted by molar-refractivity contribution is 5.56. The maximum Gasteiger partial charge on any atom is 0.143 e. The summed E-state index contributed by atoms with van der Waals surface area (Å²) < 4.78 is 8.37. The van der Waals surface area contributed by atoms with Gasteiger partial charge in [-0.15, -0.1) is 0 Å². The predicted molar refractivity (Wildman–Crippen MR) is 126 cm³/mol. The number of hydrogen-bond acceptors (Lipinski definition) is 2. The third kappa shape index (κ3) is 4.51. The molecule has 31 heavy (non-hydrogen) atoms. The van der Waals surface area contributed by atoms with Crippen molar-refractivity contribution in [2.45, 2.75) is 76.0 Å². The van der Waals surface area contributed by atoms with Crippen LogP contribution in [0, 0.1) is 0 Å². The Morgan fingerprint density at radius 1 is 0.742 bits per heavy atom. The molecule has 1 heterocycles. The molecule has 0 unspecified atom stereocenters. The number of aromatic nitrogens is 1. The highest BCUT2D eigenvalue weighted by Gasteiger charge is 2.23. The summed E-state index contributed by atoms with van der Waals surface area (Å²) in [5.41, 5.74) is 3.48. The van der Waals surface area contributed by atoms with E-state index in [4.69, 9.17) is 4.74 Å². The van der Waals surface area contributed by atoms with Crippen LogP contribution in [0.2, 0.25) is 0 Å². The fourth-order valence-corrected chi connectivity index (χ4v) is 5.47. The van der Waals surface area contributed by atoms with Crippen molar-refractivity contribution in [3.8, 4) is 22.9 Å². The second kappa shape index (κ2) is 9.21. The molecule has 2 aliphatic carbocycles. The number of phenols is 1. The summed E-state index contributed by atoms with van der Waals surface area (Å²) >= 11 is 0. The molecule has 0 aliphatic heterocycles. The first-order valence-corrected chi connectivity index (χ1v) is 12.1. The van der Waals surface area contributed by atoms with Gasteiger partial charge in [-0.2, -0.15) is 0 Å². The number of benzene rings is 2. The largest absolute Gasteiger partial charge is 0.506 e. The summed E-state index contributed by atoms with van der Waals surface area (Å²) in [7, 11) is 0. The van der Waals surface area contributed by atoms with Gasteiger partial charge in [0, 0.05) is 24.0 Å². The zero-order chi connectivity index (χ0) is 21.0. The molecule has 2 fully saturated rings. The lowest BCUT2D eigenvalue weighted by Gasteiger charge is -2.25. The van der Waals surface area contributed by atoms with Gasteiger partial charge in [0.25, 0.3) is 0 Å². The minimum Gasteiger partial charge on any atom is -0.506 e. The van der Waals surface area contributed by atoms with Crippen molar-refractivity contribution in [2.75, 3.05) is 0 Å². The quantitative estimate of drug-likeness (QED) is 0.457. The van der Waals surface area contributed by atoms with E-state index < -0.39 is 0 Å². The molecule has 1 aromatic heterocycles. The van der Waals surface area contributed by atoms with Crippen molar-refractivity contribution in [1.29, 1.82) is 0 Å². The molecular formula is C28H33NO2. The molecule has 0 amide bonds. The number of aromatic hydroxyl groups is 1. The summed E-state index contributed by atoms with van der Waals surface area (Å²) in [5, 5.41) is 10.8. The molecule has 2 saturated carbocycles. The second-order valence-electron chi connectivity index (χ2n) is 9.31. The molecule has 0 radical (unpaired) electrons. The molecule has 0 spiro atoms. The topological polar surface area (TPSA) is 34.4 Å². The van der Waals surface area contributed by atoms with Gasteiger partial charge in [-0.1, -0.05) is 50.7 Å². The van der Waals surface area contributed by atoms with Gasteiger partial charge in [-0.05, 0) is 73.4 Å². The average molecular weight is 416 g/mol.